The molecule has 0 unspecified atom stereocenters. The highest BCUT2D eigenvalue weighted by molar-refractivity contribution is 5.89. The van der Waals surface area contributed by atoms with Gasteiger partial charge in [-0.1, -0.05) is 18.2 Å². The normalized spacial score (nSPS) is 10.4. The van der Waals surface area contributed by atoms with Crippen molar-refractivity contribution in [1.82, 2.24) is 14.6 Å². The summed E-state index contributed by atoms with van der Waals surface area (Å²) in [5, 5.41) is 15.4. The van der Waals surface area contributed by atoms with E-state index in [1.165, 1.54) is 0 Å². The Bertz CT molecular complexity index is 954. The lowest BCUT2D eigenvalue weighted by atomic mass is 10.1. The van der Waals surface area contributed by atoms with Gasteiger partial charge in [0.1, 0.15) is 0 Å². The molecule has 3 rings (SSSR count). The second-order valence-electron chi connectivity index (χ2n) is 5.77. The lowest BCUT2D eigenvalue weighted by Crippen LogP contribution is -2.12. The SMILES string of the molecule is CN(C)c1ccccc1-c1ccc2nc(NC(=O)CCC#N)nn2c1. The van der Waals surface area contributed by atoms with Crippen molar-refractivity contribution in [3.05, 3.63) is 42.6 Å². The van der Waals surface area contributed by atoms with Gasteiger partial charge in [0.05, 0.1) is 6.07 Å². The molecule has 0 aliphatic rings. The first-order valence-corrected chi connectivity index (χ1v) is 7.88. The van der Waals surface area contributed by atoms with Crippen LogP contribution in [-0.2, 0) is 4.79 Å². The average molecular weight is 334 g/mol. The highest BCUT2D eigenvalue weighted by atomic mass is 16.1. The first-order chi connectivity index (χ1) is 12.1. The Morgan fingerprint density at radius 2 is 2.08 bits per heavy atom. The highest BCUT2D eigenvalue weighted by Gasteiger charge is 2.11. The second-order valence-corrected chi connectivity index (χ2v) is 5.77. The molecule has 0 bridgehead atoms. The van der Waals surface area contributed by atoms with Gasteiger partial charge in [0.15, 0.2) is 5.65 Å². The fraction of sp³-hybridized carbons (Fsp3) is 0.222. The molecular formula is C18H18N6O. The molecule has 0 spiro atoms. The largest absolute Gasteiger partial charge is 0.377 e. The van der Waals surface area contributed by atoms with Crippen LogP contribution in [0, 0.1) is 11.3 Å². The zero-order chi connectivity index (χ0) is 17.8. The Kier molecular flexibility index (Phi) is 4.61. The molecule has 0 fully saturated rings. The Hall–Kier alpha value is -3.40. The van der Waals surface area contributed by atoms with Crippen molar-refractivity contribution < 1.29 is 4.79 Å². The van der Waals surface area contributed by atoms with E-state index in [1.54, 1.807) is 4.52 Å². The third kappa shape index (κ3) is 3.58. The summed E-state index contributed by atoms with van der Waals surface area (Å²) in [6.07, 6.45) is 2.19. The van der Waals surface area contributed by atoms with Gasteiger partial charge < -0.3 is 4.90 Å². The Morgan fingerprint density at radius 3 is 2.84 bits per heavy atom. The number of nitriles is 1. The van der Waals surface area contributed by atoms with Gasteiger partial charge in [0.25, 0.3) is 0 Å². The number of anilines is 2. The number of pyridine rings is 1. The third-order valence-corrected chi connectivity index (χ3v) is 3.74. The first kappa shape index (κ1) is 16.5. The van der Waals surface area contributed by atoms with E-state index in [1.807, 2.05) is 50.6 Å². The molecule has 1 N–H and O–H groups in total. The lowest BCUT2D eigenvalue weighted by molar-refractivity contribution is -0.116. The van der Waals surface area contributed by atoms with Gasteiger partial charge in [-0.3, -0.25) is 10.1 Å². The van der Waals surface area contributed by atoms with Crippen molar-refractivity contribution >= 4 is 23.2 Å². The van der Waals surface area contributed by atoms with Gasteiger partial charge in [-0.05, 0) is 18.2 Å². The van der Waals surface area contributed by atoms with Crippen molar-refractivity contribution in [2.45, 2.75) is 12.8 Å². The van der Waals surface area contributed by atoms with Crippen molar-refractivity contribution in [3.8, 4) is 17.2 Å². The summed E-state index contributed by atoms with van der Waals surface area (Å²) in [4.78, 5) is 18.0. The summed E-state index contributed by atoms with van der Waals surface area (Å²) < 4.78 is 1.64. The van der Waals surface area contributed by atoms with Crippen molar-refractivity contribution in [2.75, 3.05) is 24.3 Å². The van der Waals surface area contributed by atoms with E-state index < -0.39 is 0 Å². The number of para-hydroxylation sites is 1. The van der Waals surface area contributed by atoms with Crippen LogP contribution in [0.15, 0.2) is 42.6 Å². The number of rotatable bonds is 5. The summed E-state index contributed by atoms with van der Waals surface area (Å²) in [6.45, 7) is 0. The van der Waals surface area contributed by atoms with Crippen LogP contribution in [0.25, 0.3) is 16.8 Å². The molecule has 1 aromatic carbocycles. The van der Waals surface area contributed by atoms with Crippen LogP contribution < -0.4 is 10.2 Å². The zero-order valence-electron chi connectivity index (χ0n) is 14.1. The van der Waals surface area contributed by atoms with Crippen LogP contribution in [0.5, 0.6) is 0 Å². The van der Waals surface area contributed by atoms with Crippen molar-refractivity contribution in [2.24, 2.45) is 0 Å². The average Bonchev–Trinajstić information content (AvgIpc) is 3.01. The van der Waals surface area contributed by atoms with Crippen LogP contribution in [0.1, 0.15) is 12.8 Å². The number of carbonyl (C=O) groups is 1. The second kappa shape index (κ2) is 7.01. The quantitative estimate of drug-likeness (QED) is 0.775. The Labute approximate surface area is 145 Å². The zero-order valence-corrected chi connectivity index (χ0v) is 14.1. The molecular weight excluding hydrogens is 316 g/mol. The molecule has 2 aromatic heterocycles. The van der Waals surface area contributed by atoms with Gasteiger partial charge >= 0.3 is 0 Å². The topological polar surface area (TPSA) is 86.3 Å². The predicted octanol–water partition coefficient (Wildman–Crippen LogP) is 2.70. The molecule has 0 atom stereocenters. The van der Waals surface area contributed by atoms with E-state index in [-0.39, 0.29) is 24.7 Å². The number of benzene rings is 1. The summed E-state index contributed by atoms with van der Waals surface area (Å²) in [7, 11) is 4.00. The molecule has 126 valence electrons. The molecule has 0 aliphatic heterocycles. The number of amides is 1. The molecule has 0 saturated heterocycles. The smallest absolute Gasteiger partial charge is 0.249 e. The molecule has 25 heavy (non-hydrogen) atoms. The molecule has 7 nitrogen and oxygen atoms in total. The van der Waals surface area contributed by atoms with Crippen LogP contribution in [0.3, 0.4) is 0 Å². The van der Waals surface area contributed by atoms with E-state index in [0.717, 1.165) is 16.8 Å². The monoisotopic (exact) mass is 334 g/mol. The molecule has 0 saturated carbocycles. The minimum Gasteiger partial charge on any atom is -0.377 e. The molecule has 7 heteroatoms. The molecule has 0 radical (unpaired) electrons. The number of hydrogen-bond acceptors (Lipinski definition) is 5. The number of nitrogens with one attached hydrogen (secondary N) is 1. The van der Waals surface area contributed by atoms with E-state index in [9.17, 15) is 4.79 Å². The lowest BCUT2D eigenvalue weighted by Gasteiger charge is -2.17. The molecule has 2 heterocycles. The maximum Gasteiger partial charge on any atom is 0.249 e. The first-order valence-electron chi connectivity index (χ1n) is 7.88. The van der Waals surface area contributed by atoms with Gasteiger partial charge in [0, 0.05) is 49.9 Å². The number of nitrogens with zero attached hydrogens (tertiary/aromatic N) is 5. The Morgan fingerprint density at radius 1 is 1.28 bits per heavy atom. The van der Waals surface area contributed by atoms with Crippen molar-refractivity contribution in [3.63, 3.8) is 0 Å². The maximum absolute atomic E-state index is 11.7. The number of hydrogen-bond donors (Lipinski definition) is 1. The van der Waals surface area contributed by atoms with Gasteiger partial charge in [-0.2, -0.15) is 10.2 Å². The fourth-order valence-corrected chi connectivity index (χ4v) is 2.56. The van der Waals surface area contributed by atoms with Gasteiger partial charge in [-0.15, -0.1) is 5.10 Å². The van der Waals surface area contributed by atoms with Gasteiger partial charge in [-0.25, -0.2) is 4.52 Å². The summed E-state index contributed by atoms with van der Waals surface area (Å²) in [6, 6.07) is 13.9. The number of fused-ring (bicyclic) bond motifs is 1. The van der Waals surface area contributed by atoms with Crippen LogP contribution in [0.4, 0.5) is 11.6 Å². The summed E-state index contributed by atoms with van der Waals surface area (Å²) >= 11 is 0. The molecule has 0 aliphatic carbocycles. The third-order valence-electron chi connectivity index (χ3n) is 3.74. The van der Waals surface area contributed by atoms with E-state index in [2.05, 4.69) is 32.4 Å². The molecule has 1 amide bonds. The summed E-state index contributed by atoms with van der Waals surface area (Å²) in [5.74, 6) is -0.0309. The van der Waals surface area contributed by atoms with Crippen LogP contribution in [-0.4, -0.2) is 34.6 Å². The maximum atomic E-state index is 11.7. The van der Waals surface area contributed by atoms with Crippen LogP contribution in [0.2, 0.25) is 0 Å². The predicted molar refractivity (Wildman–Crippen MR) is 96.2 cm³/mol. The van der Waals surface area contributed by atoms with E-state index in [4.69, 9.17) is 5.26 Å². The number of carbonyl (C=O) groups excluding carboxylic acids is 1. The summed E-state index contributed by atoms with van der Waals surface area (Å²) in [5.41, 5.74) is 3.84. The minimum absolute atomic E-state index is 0.132. The van der Waals surface area contributed by atoms with Crippen LogP contribution >= 0.6 is 0 Å². The van der Waals surface area contributed by atoms with Crippen molar-refractivity contribution in [1.29, 1.82) is 5.26 Å². The van der Waals surface area contributed by atoms with E-state index >= 15 is 0 Å². The Balaban J connectivity index is 1.91. The standard InChI is InChI=1S/C18H18N6O/c1-23(2)15-7-4-3-6-14(15)13-9-10-16-20-18(22-24(16)12-13)21-17(25)8-5-11-19/h3-4,6-7,9-10,12H,5,8H2,1-2H3,(H,21,22,25). The molecule has 3 aromatic rings. The van der Waals surface area contributed by atoms with Gasteiger partial charge in [0.2, 0.25) is 11.9 Å². The highest BCUT2D eigenvalue weighted by Crippen LogP contribution is 2.29. The number of aromatic nitrogens is 3. The minimum atomic E-state index is -0.268. The fourth-order valence-electron chi connectivity index (χ4n) is 2.56. The van der Waals surface area contributed by atoms with E-state index in [0.29, 0.717) is 5.65 Å².